The van der Waals surface area contributed by atoms with Gasteiger partial charge in [0.15, 0.2) is 0 Å². The molecule has 5 heteroatoms. The van der Waals surface area contributed by atoms with E-state index in [0.717, 1.165) is 11.3 Å². The lowest BCUT2D eigenvalue weighted by atomic mass is 10.3. The van der Waals surface area contributed by atoms with E-state index in [1.165, 1.54) is 0 Å². The number of anilines is 2. The van der Waals surface area contributed by atoms with E-state index in [1.54, 1.807) is 24.7 Å². The molecule has 0 aromatic carbocycles. The summed E-state index contributed by atoms with van der Waals surface area (Å²) in [6.07, 6.45) is 6.97. The van der Waals surface area contributed by atoms with Crippen molar-refractivity contribution >= 4 is 11.4 Å². The van der Waals surface area contributed by atoms with E-state index >= 15 is 0 Å². The van der Waals surface area contributed by atoms with Crippen LogP contribution in [0.2, 0.25) is 0 Å². The van der Waals surface area contributed by atoms with Gasteiger partial charge >= 0.3 is 0 Å². The predicted molar refractivity (Wildman–Crippen MR) is 54.6 cm³/mol. The highest BCUT2D eigenvalue weighted by Gasteiger charge is 1.98. The molecule has 0 radical (unpaired) electrons. The van der Waals surface area contributed by atoms with Crippen molar-refractivity contribution in [1.82, 2.24) is 15.2 Å². The topological polar surface area (TPSA) is 79.6 Å². The Bertz CT molecular complexity index is 395. The first-order valence-corrected chi connectivity index (χ1v) is 4.27. The van der Waals surface area contributed by atoms with Crippen molar-refractivity contribution in [1.29, 1.82) is 0 Å². The van der Waals surface area contributed by atoms with Crippen LogP contribution < -0.4 is 11.1 Å². The van der Waals surface area contributed by atoms with Gasteiger partial charge in [0.1, 0.15) is 0 Å². The van der Waals surface area contributed by atoms with Crippen LogP contribution in [0.25, 0.3) is 0 Å². The zero-order valence-electron chi connectivity index (χ0n) is 7.57. The first kappa shape index (κ1) is 8.55. The monoisotopic (exact) mass is 189 g/mol. The van der Waals surface area contributed by atoms with Gasteiger partial charge in [-0.15, -0.1) is 0 Å². The second-order valence-electron chi connectivity index (χ2n) is 2.92. The molecule has 0 amide bonds. The average molecular weight is 189 g/mol. The smallest absolute Gasteiger partial charge is 0.0762 e. The summed E-state index contributed by atoms with van der Waals surface area (Å²) in [4.78, 5) is 3.98. The standard InChI is InChI=1S/C9H11N5/c10-8-1-2-11-6-9(8)12-3-7-4-13-14-5-7/h1-2,4-6,12H,3H2,(H2,10,11)(H,13,14). The molecule has 0 aliphatic rings. The lowest BCUT2D eigenvalue weighted by Gasteiger charge is -2.06. The zero-order valence-corrected chi connectivity index (χ0v) is 7.57. The molecule has 5 nitrogen and oxygen atoms in total. The van der Waals surface area contributed by atoms with Gasteiger partial charge in [-0.1, -0.05) is 0 Å². The zero-order chi connectivity index (χ0) is 9.80. The molecule has 0 saturated carbocycles. The largest absolute Gasteiger partial charge is 0.397 e. The fraction of sp³-hybridized carbons (Fsp3) is 0.111. The molecule has 72 valence electrons. The molecule has 0 fully saturated rings. The molecular weight excluding hydrogens is 178 g/mol. The summed E-state index contributed by atoms with van der Waals surface area (Å²) in [7, 11) is 0. The molecule has 2 heterocycles. The van der Waals surface area contributed by atoms with E-state index in [9.17, 15) is 0 Å². The van der Waals surface area contributed by atoms with Crippen LogP contribution >= 0.6 is 0 Å². The van der Waals surface area contributed by atoms with Crippen molar-refractivity contribution in [3.8, 4) is 0 Å². The SMILES string of the molecule is Nc1ccncc1NCc1cn[nH]c1. The van der Waals surface area contributed by atoms with Crippen molar-refractivity contribution in [3.63, 3.8) is 0 Å². The van der Waals surface area contributed by atoms with Crippen LogP contribution in [0.1, 0.15) is 5.56 Å². The molecule has 0 aliphatic carbocycles. The van der Waals surface area contributed by atoms with E-state index in [-0.39, 0.29) is 0 Å². The highest BCUT2D eigenvalue weighted by atomic mass is 15.1. The molecule has 0 atom stereocenters. The fourth-order valence-electron chi connectivity index (χ4n) is 1.12. The van der Waals surface area contributed by atoms with Crippen LogP contribution in [-0.2, 0) is 6.54 Å². The van der Waals surface area contributed by atoms with Crippen LogP contribution in [0, 0.1) is 0 Å². The number of nitrogen functional groups attached to an aromatic ring is 1. The number of rotatable bonds is 3. The third-order valence-corrected chi connectivity index (χ3v) is 1.89. The van der Waals surface area contributed by atoms with E-state index in [4.69, 9.17) is 5.73 Å². The highest BCUT2D eigenvalue weighted by molar-refractivity contribution is 5.64. The van der Waals surface area contributed by atoms with Gasteiger partial charge in [0, 0.05) is 24.5 Å². The minimum absolute atomic E-state index is 0.687. The van der Waals surface area contributed by atoms with Crippen molar-refractivity contribution in [3.05, 3.63) is 36.4 Å². The molecule has 0 spiro atoms. The normalized spacial score (nSPS) is 10.0. The van der Waals surface area contributed by atoms with E-state index < -0.39 is 0 Å². The second kappa shape index (κ2) is 3.78. The minimum atomic E-state index is 0.687. The molecule has 0 aliphatic heterocycles. The molecule has 4 N–H and O–H groups in total. The maximum Gasteiger partial charge on any atom is 0.0762 e. The lowest BCUT2D eigenvalue weighted by molar-refractivity contribution is 1.09. The Hall–Kier alpha value is -2.04. The number of nitrogens with zero attached hydrogens (tertiary/aromatic N) is 2. The van der Waals surface area contributed by atoms with Crippen LogP contribution in [-0.4, -0.2) is 15.2 Å². The molecule has 0 saturated heterocycles. The number of pyridine rings is 1. The first-order chi connectivity index (χ1) is 6.86. The maximum absolute atomic E-state index is 5.73. The summed E-state index contributed by atoms with van der Waals surface area (Å²) in [5.41, 5.74) is 8.35. The molecule has 2 rings (SSSR count). The lowest BCUT2D eigenvalue weighted by Crippen LogP contribution is -2.01. The maximum atomic E-state index is 5.73. The van der Waals surface area contributed by atoms with Crippen molar-refractivity contribution < 1.29 is 0 Å². The van der Waals surface area contributed by atoms with Gasteiger partial charge in [-0.05, 0) is 6.07 Å². The number of nitrogens with two attached hydrogens (primary N) is 1. The number of H-pyrrole nitrogens is 1. The van der Waals surface area contributed by atoms with Gasteiger partial charge < -0.3 is 11.1 Å². The Morgan fingerprint density at radius 1 is 1.43 bits per heavy atom. The number of hydrogen-bond donors (Lipinski definition) is 3. The highest BCUT2D eigenvalue weighted by Crippen LogP contribution is 2.15. The summed E-state index contributed by atoms with van der Waals surface area (Å²) < 4.78 is 0. The predicted octanol–water partition coefficient (Wildman–Crippen LogP) is 0.999. The number of hydrogen-bond acceptors (Lipinski definition) is 4. The van der Waals surface area contributed by atoms with Crippen LogP contribution in [0.4, 0.5) is 11.4 Å². The van der Waals surface area contributed by atoms with Crippen LogP contribution in [0.5, 0.6) is 0 Å². The van der Waals surface area contributed by atoms with Crippen molar-refractivity contribution in [2.75, 3.05) is 11.1 Å². The quantitative estimate of drug-likeness (QED) is 0.673. The Morgan fingerprint density at radius 3 is 3.07 bits per heavy atom. The molecule has 0 unspecified atom stereocenters. The van der Waals surface area contributed by atoms with Gasteiger partial charge in [0.05, 0.1) is 23.8 Å². The Kier molecular flexibility index (Phi) is 2.31. The van der Waals surface area contributed by atoms with Gasteiger partial charge in [0.2, 0.25) is 0 Å². The molecular formula is C9H11N5. The average Bonchev–Trinajstić information content (AvgIpc) is 2.69. The molecule has 14 heavy (non-hydrogen) atoms. The summed E-state index contributed by atoms with van der Waals surface area (Å²) >= 11 is 0. The van der Waals surface area contributed by atoms with Gasteiger partial charge in [-0.3, -0.25) is 10.1 Å². The minimum Gasteiger partial charge on any atom is -0.397 e. The Morgan fingerprint density at radius 2 is 2.36 bits per heavy atom. The van der Waals surface area contributed by atoms with Crippen LogP contribution in [0.3, 0.4) is 0 Å². The van der Waals surface area contributed by atoms with Crippen molar-refractivity contribution in [2.24, 2.45) is 0 Å². The van der Waals surface area contributed by atoms with E-state index in [0.29, 0.717) is 12.2 Å². The number of nitrogens with one attached hydrogen (secondary N) is 2. The van der Waals surface area contributed by atoms with E-state index in [1.807, 2.05) is 6.20 Å². The second-order valence-corrected chi connectivity index (χ2v) is 2.92. The molecule has 0 bridgehead atoms. The summed E-state index contributed by atoms with van der Waals surface area (Å²) in [6.45, 7) is 0.687. The number of aromatic amines is 1. The molecule has 2 aromatic heterocycles. The van der Waals surface area contributed by atoms with Gasteiger partial charge in [0.25, 0.3) is 0 Å². The third-order valence-electron chi connectivity index (χ3n) is 1.89. The van der Waals surface area contributed by atoms with Gasteiger partial charge in [-0.25, -0.2) is 0 Å². The number of aromatic nitrogens is 3. The van der Waals surface area contributed by atoms with Gasteiger partial charge in [-0.2, -0.15) is 5.10 Å². The first-order valence-electron chi connectivity index (χ1n) is 4.27. The summed E-state index contributed by atoms with van der Waals surface area (Å²) in [6, 6.07) is 1.76. The Balaban J connectivity index is 2.02. The third kappa shape index (κ3) is 1.82. The molecule has 2 aromatic rings. The fourth-order valence-corrected chi connectivity index (χ4v) is 1.12. The van der Waals surface area contributed by atoms with E-state index in [2.05, 4.69) is 20.5 Å². The van der Waals surface area contributed by atoms with Crippen molar-refractivity contribution in [2.45, 2.75) is 6.54 Å². The Labute approximate surface area is 81.4 Å². The van der Waals surface area contributed by atoms with Crippen LogP contribution in [0.15, 0.2) is 30.9 Å². The summed E-state index contributed by atoms with van der Waals surface area (Å²) in [5.74, 6) is 0. The summed E-state index contributed by atoms with van der Waals surface area (Å²) in [5, 5.41) is 9.76.